The Morgan fingerprint density at radius 2 is 1.93 bits per heavy atom. The van der Waals surface area contributed by atoms with Crippen LogP contribution >= 0.6 is 34.9 Å². The van der Waals surface area contributed by atoms with Crippen molar-refractivity contribution >= 4 is 56.9 Å². The molecule has 0 saturated carbocycles. The number of thiophene rings is 2. The Bertz CT molecular complexity index is 995. The van der Waals surface area contributed by atoms with Crippen molar-refractivity contribution in [3.8, 4) is 0 Å². The first kappa shape index (κ1) is 21.3. The molecule has 6 nitrogen and oxygen atoms in total. The highest BCUT2D eigenvalue weighted by atomic mass is 32.1. The van der Waals surface area contributed by atoms with Crippen molar-refractivity contribution in [1.82, 2.24) is 10.9 Å². The van der Waals surface area contributed by atoms with E-state index in [2.05, 4.69) is 23.1 Å². The summed E-state index contributed by atoms with van der Waals surface area (Å²) in [7, 11) is 1.39. The van der Waals surface area contributed by atoms with Crippen molar-refractivity contribution in [3.63, 3.8) is 0 Å². The molecular formula is C21H25N3O3S3. The van der Waals surface area contributed by atoms with Crippen molar-refractivity contribution in [1.29, 1.82) is 0 Å². The zero-order chi connectivity index (χ0) is 21.3. The Morgan fingerprint density at radius 3 is 2.73 bits per heavy atom. The molecule has 30 heavy (non-hydrogen) atoms. The smallest absolute Gasteiger partial charge is 0.341 e. The van der Waals surface area contributed by atoms with Crippen LogP contribution in [0.2, 0.25) is 0 Å². The second-order valence-electron chi connectivity index (χ2n) is 7.84. The fourth-order valence-corrected chi connectivity index (χ4v) is 6.90. The Kier molecular flexibility index (Phi) is 6.40. The number of ether oxygens (including phenoxy) is 1. The van der Waals surface area contributed by atoms with Crippen molar-refractivity contribution in [2.75, 3.05) is 12.4 Å². The minimum Gasteiger partial charge on any atom is -0.465 e. The molecule has 2 aliphatic carbocycles. The number of methoxy groups -OCH3 is 1. The maximum absolute atomic E-state index is 12.7. The average Bonchev–Trinajstić information content (AvgIpc) is 3.32. The number of nitrogens with one attached hydrogen (secondary N) is 3. The van der Waals surface area contributed by atoms with Crippen molar-refractivity contribution in [2.24, 2.45) is 5.92 Å². The minimum absolute atomic E-state index is 0.190. The first-order chi connectivity index (χ1) is 14.5. The van der Waals surface area contributed by atoms with E-state index in [-0.39, 0.29) is 17.0 Å². The Hall–Kier alpha value is -1.97. The third-order valence-electron chi connectivity index (χ3n) is 5.72. The molecule has 0 bridgehead atoms. The predicted octanol–water partition coefficient (Wildman–Crippen LogP) is 4.23. The van der Waals surface area contributed by atoms with E-state index >= 15 is 0 Å². The Balaban J connectivity index is 1.42. The number of carbonyl (C=O) groups is 2. The SMILES string of the molecule is COC(=O)c1c(NC(=S)NNC(=O)c2csc3c2CC[C@@H](C)C3)sc2c1CCCC2. The fourth-order valence-electron chi connectivity index (χ4n) is 4.15. The number of rotatable bonds is 3. The number of aryl methyl sites for hydroxylation is 1. The van der Waals surface area contributed by atoms with Crippen molar-refractivity contribution in [3.05, 3.63) is 37.4 Å². The minimum atomic E-state index is -0.358. The van der Waals surface area contributed by atoms with Crippen molar-refractivity contribution in [2.45, 2.75) is 51.9 Å². The molecule has 0 saturated heterocycles. The molecule has 1 atom stereocenters. The number of anilines is 1. The zero-order valence-corrected chi connectivity index (χ0v) is 19.5. The van der Waals surface area contributed by atoms with Gasteiger partial charge in [-0.05, 0) is 74.2 Å². The molecule has 0 unspecified atom stereocenters. The van der Waals surface area contributed by atoms with E-state index in [1.54, 1.807) is 11.3 Å². The predicted molar refractivity (Wildman–Crippen MR) is 125 cm³/mol. The normalized spacial score (nSPS) is 17.5. The number of esters is 1. The van der Waals surface area contributed by atoms with E-state index in [1.807, 2.05) is 5.38 Å². The van der Waals surface area contributed by atoms with Gasteiger partial charge in [-0.25, -0.2) is 4.79 Å². The summed E-state index contributed by atoms with van der Waals surface area (Å²) in [5.41, 5.74) is 8.98. The summed E-state index contributed by atoms with van der Waals surface area (Å²) in [6.07, 6.45) is 7.11. The van der Waals surface area contributed by atoms with Gasteiger partial charge in [0, 0.05) is 15.1 Å². The maximum Gasteiger partial charge on any atom is 0.341 e. The maximum atomic E-state index is 12.7. The number of carbonyl (C=O) groups excluding carboxylic acids is 2. The van der Waals surface area contributed by atoms with Gasteiger partial charge >= 0.3 is 5.97 Å². The molecule has 160 valence electrons. The summed E-state index contributed by atoms with van der Waals surface area (Å²) in [4.78, 5) is 27.5. The fraction of sp³-hybridized carbons (Fsp3) is 0.476. The number of hydrogen-bond donors (Lipinski definition) is 3. The molecule has 0 aliphatic heterocycles. The monoisotopic (exact) mass is 463 g/mol. The van der Waals surface area contributed by atoms with Gasteiger partial charge in [0.05, 0.1) is 18.2 Å². The molecule has 0 spiro atoms. The Labute approximate surface area is 189 Å². The molecule has 2 heterocycles. The van der Waals surface area contributed by atoms with E-state index in [9.17, 15) is 9.59 Å². The van der Waals surface area contributed by atoms with Crippen LogP contribution in [0.4, 0.5) is 5.00 Å². The summed E-state index contributed by atoms with van der Waals surface area (Å²) in [5, 5.41) is 5.92. The molecular weight excluding hydrogens is 438 g/mol. The van der Waals surface area contributed by atoms with Gasteiger partial charge in [0.25, 0.3) is 5.91 Å². The number of thiocarbonyl (C=S) groups is 1. The van der Waals surface area contributed by atoms with Crippen molar-refractivity contribution < 1.29 is 14.3 Å². The van der Waals surface area contributed by atoms with Gasteiger partial charge in [0.2, 0.25) is 0 Å². The van der Waals surface area contributed by atoms with E-state index in [0.29, 0.717) is 16.5 Å². The first-order valence-electron chi connectivity index (χ1n) is 10.2. The third kappa shape index (κ3) is 4.24. The molecule has 1 amide bonds. The lowest BCUT2D eigenvalue weighted by Gasteiger charge is -2.19. The molecule has 2 aromatic rings. The number of hydrazine groups is 1. The van der Waals surface area contributed by atoms with Gasteiger partial charge in [0.15, 0.2) is 5.11 Å². The lowest BCUT2D eigenvalue weighted by atomic mass is 9.88. The average molecular weight is 464 g/mol. The highest BCUT2D eigenvalue weighted by Gasteiger charge is 2.27. The summed E-state index contributed by atoms with van der Waals surface area (Å²) >= 11 is 8.55. The van der Waals surface area contributed by atoms with Crippen LogP contribution in [0.5, 0.6) is 0 Å². The van der Waals surface area contributed by atoms with Gasteiger partial charge in [0.1, 0.15) is 5.00 Å². The van der Waals surface area contributed by atoms with E-state index in [4.69, 9.17) is 17.0 Å². The molecule has 2 aromatic heterocycles. The standard InChI is InChI=1S/C21H25N3O3S3/c1-11-7-8-12-14(10-29-16(12)9-11)18(25)23-24-21(28)22-19-17(20(26)27-2)13-5-3-4-6-15(13)30-19/h10-11H,3-9H2,1-2H3,(H,23,25)(H2,22,24,28)/t11-/m1/s1. The van der Waals surface area contributed by atoms with E-state index in [1.165, 1.54) is 28.2 Å². The molecule has 0 radical (unpaired) electrons. The lowest BCUT2D eigenvalue weighted by molar-refractivity contribution is 0.0600. The molecule has 2 aliphatic rings. The summed E-state index contributed by atoms with van der Waals surface area (Å²) < 4.78 is 4.99. The van der Waals surface area contributed by atoms with Crippen LogP contribution in [0.1, 0.15) is 67.8 Å². The van der Waals surface area contributed by atoms with Crippen LogP contribution in [0, 0.1) is 5.92 Å². The van der Waals surface area contributed by atoms with Gasteiger partial charge in [-0.15, -0.1) is 22.7 Å². The highest BCUT2D eigenvalue weighted by molar-refractivity contribution is 7.80. The topological polar surface area (TPSA) is 79.5 Å². The van der Waals surface area contributed by atoms with E-state index in [0.717, 1.165) is 61.6 Å². The van der Waals surface area contributed by atoms with Gasteiger partial charge < -0.3 is 10.1 Å². The van der Waals surface area contributed by atoms with Gasteiger partial charge in [-0.1, -0.05) is 6.92 Å². The molecule has 0 aromatic carbocycles. The van der Waals surface area contributed by atoms with E-state index < -0.39 is 0 Å². The molecule has 4 rings (SSSR count). The number of hydrogen-bond acceptors (Lipinski definition) is 6. The second kappa shape index (κ2) is 9.03. The third-order valence-corrected chi connectivity index (χ3v) is 8.19. The Morgan fingerprint density at radius 1 is 1.13 bits per heavy atom. The quantitative estimate of drug-likeness (QED) is 0.359. The lowest BCUT2D eigenvalue weighted by Crippen LogP contribution is -2.44. The van der Waals surface area contributed by atoms with Crippen LogP contribution in [0.25, 0.3) is 0 Å². The van der Waals surface area contributed by atoms with Crippen LogP contribution in [-0.2, 0) is 30.4 Å². The number of fused-ring (bicyclic) bond motifs is 2. The summed E-state index contributed by atoms with van der Waals surface area (Å²) in [6.45, 7) is 2.25. The number of amides is 1. The summed E-state index contributed by atoms with van der Waals surface area (Å²) in [5.74, 6) is 0.121. The van der Waals surface area contributed by atoms with Crippen LogP contribution in [0.15, 0.2) is 5.38 Å². The van der Waals surface area contributed by atoms with Crippen LogP contribution < -0.4 is 16.2 Å². The second-order valence-corrected chi connectivity index (χ2v) is 10.3. The van der Waals surface area contributed by atoms with Gasteiger partial charge in [-0.2, -0.15) is 0 Å². The zero-order valence-electron chi connectivity index (χ0n) is 17.1. The molecule has 9 heteroatoms. The molecule has 0 fully saturated rings. The first-order valence-corrected chi connectivity index (χ1v) is 12.3. The largest absolute Gasteiger partial charge is 0.465 e. The van der Waals surface area contributed by atoms with Gasteiger partial charge in [-0.3, -0.25) is 15.6 Å². The molecule has 3 N–H and O–H groups in total. The highest BCUT2D eigenvalue weighted by Crippen LogP contribution is 2.38. The summed E-state index contributed by atoms with van der Waals surface area (Å²) in [6, 6.07) is 0. The van der Waals surface area contributed by atoms with Crippen LogP contribution in [-0.4, -0.2) is 24.1 Å². The van der Waals surface area contributed by atoms with Crippen LogP contribution in [0.3, 0.4) is 0 Å².